The van der Waals surface area contributed by atoms with Gasteiger partial charge in [0.15, 0.2) is 11.5 Å². The fourth-order valence-electron chi connectivity index (χ4n) is 2.04. The Balaban J connectivity index is 2.14. The molecule has 0 heterocycles. The van der Waals surface area contributed by atoms with Crippen molar-refractivity contribution in [1.82, 2.24) is 5.43 Å². The van der Waals surface area contributed by atoms with Crippen molar-refractivity contribution in [2.75, 3.05) is 27.1 Å². The molecule has 24 heavy (non-hydrogen) atoms. The lowest BCUT2D eigenvalue weighted by Crippen LogP contribution is -2.17. The van der Waals surface area contributed by atoms with Gasteiger partial charge in [0, 0.05) is 16.8 Å². The van der Waals surface area contributed by atoms with Crippen molar-refractivity contribution in [1.29, 1.82) is 0 Å². The second kappa shape index (κ2) is 7.87. The number of amides is 1. The lowest BCUT2D eigenvalue weighted by molar-refractivity contribution is 0.0955. The first-order valence-corrected chi connectivity index (χ1v) is 7.08. The van der Waals surface area contributed by atoms with Gasteiger partial charge in [0.05, 0.1) is 27.5 Å². The third kappa shape index (κ3) is 3.95. The second-order valence-electron chi connectivity index (χ2n) is 4.78. The van der Waals surface area contributed by atoms with Crippen molar-refractivity contribution >= 4 is 17.8 Å². The summed E-state index contributed by atoms with van der Waals surface area (Å²) in [5.74, 6) is 1.16. The summed E-state index contributed by atoms with van der Waals surface area (Å²) in [4.78, 5) is 12.0. The zero-order chi connectivity index (χ0) is 17.5. The van der Waals surface area contributed by atoms with Gasteiger partial charge < -0.3 is 19.9 Å². The molecule has 0 bridgehead atoms. The zero-order valence-electron chi connectivity index (χ0n) is 13.7. The van der Waals surface area contributed by atoms with E-state index < -0.39 is 0 Å². The highest BCUT2D eigenvalue weighted by Crippen LogP contribution is 2.37. The highest BCUT2D eigenvalue weighted by Gasteiger charge is 2.12. The largest absolute Gasteiger partial charge is 0.493 e. The smallest absolute Gasteiger partial charge is 0.271 e. The molecule has 0 unspecified atom stereocenters. The van der Waals surface area contributed by atoms with Crippen LogP contribution in [0.1, 0.15) is 15.9 Å². The molecule has 2 rings (SSSR count). The van der Waals surface area contributed by atoms with E-state index in [2.05, 4.69) is 10.5 Å². The maximum Gasteiger partial charge on any atom is 0.271 e. The van der Waals surface area contributed by atoms with Gasteiger partial charge in [-0.1, -0.05) is 0 Å². The lowest BCUT2D eigenvalue weighted by Gasteiger charge is -2.12. The molecule has 1 amide bonds. The molecular weight excluding hydrogens is 310 g/mol. The van der Waals surface area contributed by atoms with Gasteiger partial charge in [-0.25, -0.2) is 5.43 Å². The van der Waals surface area contributed by atoms with Gasteiger partial charge in [0.1, 0.15) is 0 Å². The number of nitrogen functional groups attached to an aromatic ring is 1. The second-order valence-corrected chi connectivity index (χ2v) is 4.78. The first-order valence-electron chi connectivity index (χ1n) is 7.08. The maximum absolute atomic E-state index is 12.0. The van der Waals surface area contributed by atoms with Gasteiger partial charge in [0.2, 0.25) is 5.75 Å². The predicted octanol–water partition coefficient (Wildman–Crippen LogP) is 2.06. The Morgan fingerprint density at radius 3 is 2.12 bits per heavy atom. The van der Waals surface area contributed by atoms with Crippen LogP contribution in [0.25, 0.3) is 0 Å². The Bertz CT molecular complexity index is 717. The fourth-order valence-corrected chi connectivity index (χ4v) is 2.04. The maximum atomic E-state index is 12.0. The van der Waals surface area contributed by atoms with E-state index in [0.29, 0.717) is 34.1 Å². The number of ether oxygens (including phenoxy) is 3. The third-order valence-corrected chi connectivity index (χ3v) is 3.24. The van der Waals surface area contributed by atoms with Crippen LogP contribution in [0.5, 0.6) is 17.2 Å². The zero-order valence-corrected chi connectivity index (χ0v) is 13.7. The topological polar surface area (TPSA) is 95.2 Å². The number of carbonyl (C=O) groups is 1. The number of hydrazone groups is 1. The SMILES string of the molecule is COc1cc(/C=N\NC(=O)c2ccc(N)cc2)cc(OC)c1OC. The number of methoxy groups -OCH3 is 3. The summed E-state index contributed by atoms with van der Waals surface area (Å²) in [6.45, 7) is 0. The number of hydrogen-bond acceptors (Lipinski definition) is 6. The van der Waals surface area contributed by atoms with E-state index in [1.165, 1.54) is 27.5 Å². The summed E-state index contributed by atoms with van der Waals surface area (Å²) in [5, 5.41) is 3.94. The molecule has 0 aliphatic carbocycles. The number of benzene rings is 2. The summed E-state index contributed by atoms with van der Waals surface area (Å²) in [6.07, 6.45) is 1.49. The Morgan fingerprint density at radius 2 is 1.62 bits per heavy atom. The Morgan fingerprint density at radius 1 is 1.04 bits per heavy atom. The molecule has 0 atom stereocenters. The highest BCUT2D eigenvalue weighted by molar-refractivity contribution is 5.95. The number of anilines is 1. The van der Waals surface area contributed by atoms with Crippen molar-refractivity contribution in [3.05, 3.63) is 47.5 Å². The van der Waals surface area contributed by atoms with Gasteiger partial charge in [-0.3, -0.25) is 4.79 Å². The molecule has 0 spiro atoms. The third-order valence-electron chi connectivity index (χ3n) is 3.24. The molecule has 3 N–H and O–H groups in total. The van der Waals surface area contributed by atoms with Crippen LogP contribution in [0.2, 0.25) is 0 Å². The van der Waals surface area contributed by atoms with Gasteiger partial charge in [-0.2, -0.15) is 5.10 Å². The van der Waals surface area contributed by atoms with Crippen molar-refractivity contribution < 1.29 is 19.0 Å². The molecule has 7 heteroatoms. The number of nitrogens with zero attached hydrogens (tertiary/aromatic N) is 1. The van der Waals surface area contributed by atoms with Crippen molar-refractivity contribution in [3.8, 4) is 17.2 Å². The summed E-state index contributed by atoms with van der Waals surface area (Å²) in [6, 6.07) is 10.00. The molecule has 0 saturated heterocycles. The minimum atomic E-state index is -0.335. The van der Waals surface area contributed by atoms with E-state index in [1.54, 1.807) is 36.4 Å². The number of rotatable bonds is 6. The molecule has 126 valence electrons. The average Bonchev–Trinajstić information content (AvgIpc) is 2.61. The Kier molecular flexibility index (Phi) is 5.62. The molecule has 0 saturated carbocycles. The van der Waals surface area contributed by atoms with E-state index >= 15 is 0 Å². The normalized spacial score (nSPS) is 10.5. The van der Waals surface area contributed by atoms with Crippen LogP contribution in [-0.4, -0.2) is 33.5 Å². The fraction of sp³-hybridized carbons (Fsp3) is 0.176. The first-order chi connectivity index (χ1) is 11.6. The van der Waals surface area contributed by atoms with Crippen LogP contribution in [0, 0.1) is 0 Å². The standard InChI is InChI=1S/C17H19N3O4/c1-22-14-8-11(9-15(23-2)16(14)24-3)10-19-20-17(21)12-4-6-13(18)7-5-12/h4-10H,18H2,1-3H3,(H,20,21)/b19-10-. The van der Waals surface area contributed by atoms with Crippen LogP contribution in [0.3, 0.4) is 0 Å². The Labute approximate surface area is 140 Å². The monoisotopic (exact) mass is 329 g/mol. The van der Waals surface area contributed by atoms with E-state index in [9.17, 15) is 4.79 Å². The van der Waals surface area contributed by atoms with E-state index in [1.807, 2.05) is 0 Å². The minimum Gasteiger partial charge on any atom is -0.493 e. The lowest BCUT2D eigenvalue weighted by atomic mass is 10.2. The molecule has 0 aliphatic rings. The molecule has 7 nitrogen and oxygen atoms in total. The first kappa shape index (κ1) is 17.1. The van der Waals surface area contributed by atoms with Gasteiger partial charge >= 0.3 is 0 Å². The van der Waals surface area contributed by atoms with Gasteiger partial charge in [0.25, 0.3) is 5.91 Å². The number of carbonyl (C=O) groups excluding carboxylic acids is 1. The van der Waals surface area contributed by atoms with Gasteiger partial charge in [-0.15, -0.1) is 0 Å². The highest BCUT2D eigenvalue weighted by atomic mass is 16.5. The molecule has 0 radical (unpaired) electrons. The molecule has 0 fully saturated rings. The van der Waals surface area contributed by atoms with Crippen molar-refractivity contribution in [3.63, 3.8) is 0 Å². The molecule has 2 aromatic carbocycles. The quantitative estimate of drug-likeness (QED) is 0.480. The molecular formula is C17H19N3O4. The van der Waals surface area contributed by atoms with Crippen LogP contribution < -0.4 is 25.4 Å². The summed E-state index contributed by atoms with van der Waals surface area (Å²) >= 11 is 0. The number of hydrogen-bond donors (Lipinski definition) is 2. The Hall–Kier alpha value is -3.22. The summed E-state index contributed by atoms with van der Waals surface area (Å²) in [7, 11) is 4.59. The molecule has 0 aromatic heterocycles. The summed E-state index contributed by atoms with van der Waals surface area (Å²) in [5.41, 5.74) is 9.77. The minimum absolute atomic E-state index is 0.335. The van der Waals surface area contributed by atoms with E-state index in [4.69, 9.17) is 19.9 Å². The predicted molar refractivity (Wildman–Crippen MR) is 92.0 cm³/mol. The molecule has 0 aliphatic heterocycles. The van der Waals surface area contributed by atoms with Crippen molar-refractivity contribution in [2.24, 2.45) is 5.10 Å². The van der Waals surface area contributed by atoms with E-state index in [0.717, 1.165) is 0 Å². The van der Waals surface area contributed by atoms with Crippen LogP contribution in [0.4, 0.5) is 5.69 Å². The van der Waals surface area contributed by atoms with Crippen molar-refractivity contribution in [2.45, 2.75) is 0 Å². The van der Waals surface area contributed by atoms with Crippen LogP contribution >= 0.6 is 0 Å². The van der Waals surface area contributed by atoms with E-state index in [-0.39, 0.29) is 5.91 Å². The molecule has 2 aromatic rings. The number of nitrogens with one attached hydrogen (secondary N) is 1. The van der Waals surface area contributed by atoms with Gasteiger partial charge in [-0.05, 0) is 36.4 Å². The van der Waals surface area contributed by atoms with Crippen LogP contribution in [0.15, 0.2) is 41.5 Å². The van der Waals surface area contributed by atoms with Crippen LogP contribution in [-0.2, 0) is 0 Å². The average molecular weight is 329 g/mol. The number of nitrogens with two attached hydrogens (primary N) is 1. The summed E-state index contributed by atoms with van der Waals surface area (Å²) < 4.78 is 15.8.